The van der Waals surface area contributed by atoms with Gasteiger partial charge in [0.05, 0.1) is 16.9 Å². The lowest BCUT2D eigenvalue weighted by molar-refractivity contribution is 0.276. The zero-order chi connectivity index (χ0) is 48.9. The van der Waals surface area contributed by atoms with Crippen LogP contribution in [-0.4, -0.2) is 18.5 Å². The Morgan fingerprint density at radius 3 is 0.852 bits per heavy atom. The average Bonchev–Trinajstić information content (AvgIpc) is 1.48. The molecule has 0 radical (unpaired) electrons. The number of hydrogen-bond donors (Lipinski definition) is 1. The normalized spacial score (nSPS) is 22.3. The highest BCUT2D eigenvalue weighted by Gasteiger charge is 2.76. The molecule has 4 heteroatoms. The summed E-state index contributed by atoms with van der Waals surface area (Å²) in [5, 5.41) is 90.1. The van der Waals surface area contributed by atoms with Crippen LogP contribution >= 0.6 is 22.7 Å². The molecule has 2 N–H and O–H groups in total. The van der Waals surface area contributed by atoms with Gasteiger partial charge >= 0.3 is 0 Å². The summed E-state index contributed by atoms with van der Waals surface area (Å²) >= 11 is 4.06. The van der Waals surface area contributed by atoms with E-state index >= 15 is 0 Å². The predicted octanol–water partition coefficient (Wildman–Crippen LogP) is 21.0. The summed E-state index contributed by atoms with van der Waals surface area (Å²) in [7, 11) is 2.60. The lowest BCUT2D eigenvalue weighted by Gasteiger charge is -2.52. The van der Waals surface area contributed by atoms with E-state index < -0.39 is 0 Å². The van der Waals surface area contributed by atoms with Crippen molar-refractivity contribution in [3.8, 4) is 20.2 Å². The molecule has 1 unspecified atom stereocenters. The van der Waals surface area contributed by atoms with Crippen LogP contribution in [0.3, 0.4) is 0 Å². The summed E-state index contributed by atoms with van der Waals surface area (Å²) in [5.41, 5.74) is 14.7. The topological polar surface area (TPSA) is 29.3 Å². The number of anilines is 1. The number of rotatable bonds is 3. The van der Waals surface area contributed by atoms with E-state index in [9.17, 15) is 0 Å². The molecule has 0 amide bonds. The molecule has 31 aromatic rings. The number of likely N-dealkylation sites (tertiary alicyclic amines) is 1. The van der Waals surface area contributed by atoms with Gasteiger partial charge in [-0.1, -0.05) is 12.1 Å². The van der Waals surface area contributed by atoms with Crippen LogP contribution in [0.25, 0.3) is 311 Å². The second kappa shape index (κ2) is 7.70. The molecule has 81 heavy (non-hydrogen) atoms. The van der Waals surface area contributed by atoms with E-state index in [0.717, 1.165) is 12.2 Å². The minimum atomic E-state index is -0.347. The maximum atomic E-state index is 6.22. The van der Waals surface area contributed by atoms with Crippen molar-refractivity contribution in [1.29, 1.82) is 0 Å². The van der Waals surface area contributed by atoms with Crippen molar-refractivity contribution in [3.05, 3.63) is 75.7 Å². The van der Waals surface area contributed by atoms with E-state index in [2.05, 4.69) is 71.8 Å². The lowest BCUT2D eigenvalue weighted by Crippen LogP contribution is -2.51. The quantitative estimate of drug-likeness (QED) is 0.141. The maximum absolute atomic E-state index is 6.22. The van der Waals surface area contributed by atoms with Gasteiger partial charge in [-0.3, -0.25) is 4.90 Å². The van der Waals surface area contributed by atoms with Crippen LogP contribution in [0.15, 0.2) is 48.5 Å². The molecule has 1 fully saturated rings. The molecule has 0 saturated carbocycles. The SMILES string of the molecule is CN1CC23c4c5c6c7c8c9c(c%10c%11c2c2c4c4c%12c5c5c6c6c8c8c%13c9c9c%10c%10c%11c%11c2c2c4c4c%12c%12c5c5c6c8c6c8c%13c9c9c%10c%10c%11c2c2c4c4c%12c5c6c5c8c9c%10c2c45)C73C1c1ccc(-c2ccc(-c3ccc(N)cc3)s2)s1. The van der Waals surface area contributed by atoms with Crippen molar-refractivity contribution in [2.45, 2.75) is 16.9 Å². The van der Waals surface area contributed by atoms with Crippen LogP contribution in [0.2, 0.25) is 0 Å². The van der Waals surface area contributed by atoms with E-state index in [1.165, 1.54) is 20.2 Å². The number of benzene rings is 19. The van der Waals surface area contributed by atoms with Gasteiger partial charge in [0.1, 0.15) is 0 Å². The third kappa shape index (κ3) is 1.91. The zero-order valence-corrected chi connectivity index (χ0v) is 43.4. The molecule has 5 aliphatic rings. The van der Waals surface area contributed by atoms with Gasteiger partial charge in [-0.2, -0.15) is 0 Å². The molecule has 3 heterocycles. The van der Waals surface area contributed by atoms with E-state index in [0.29, 0.717) is 0 Å². The number of thiophene rings is 2. The highest BCUT2D eigenvalue weighted by Crippen LogP contribution is 2.87. The van der Waals surface area contributed by atoms with E-state index in [-0.39, 0.29) is 16.9 Å². The number of nitrogens with two attached hydrogens (primary N) is 1. The van der Waals surface area contributed by atoms with Crippen molar-refractivity contribution < 1.29 is 0 Å². The molecule has 4 aliphatic carbocycles. The minimum Gasteiger partial charge on any atom is -0.399 e. The summed E-state index contributed by atoms with van der Waals surface area (Å²) in [6.45, 7) is 1.03. The Morgan fingerprint density at radius 2 is 0.543 bits per heavy atom. The van der Waals surface area contributed by atoms with Gasteiger partial charge in [0, 0.05) is 31.7 Å². The first-order valence-electron chi connectivity index (χ1n) is 29.7. The third-order valence-electron chi connectivity index (χ3n) is 27.8. The van der Waals surface area contributed by atoms with Crippen LogP contribution in [0.5, 0.6) is 0 Å². The second-order valence-corrected chi connectivity index (χ2v) is 31.0. The zero-order valence-electron chi connectivity index (χ0n) is 41.7. The largest absolute Gasteiger partial charge is 0.399 e. The molecule has 2 spiro atoms. The highest BCUT2D eigenvalue weighted by atomic mass is 32.1. The first kappa shape index (κ1) is 32.2. The Labute approximate surface area is 453 Å². The molecule has 29 aromatic carbocycles. The summed E-state index contributed by atoms with van der Waals surface area (Å²) in [4.78, 5) is 8.60. The summed E-state index contributed by atoms with van der Waals surface area (Å²) in [6, 6.07) is 18.5. The molecule has 2 nitrogen and oxygen atoms in total. The first-order chi connectivity index (χ1) is 40.2. The van der Waals surface area contributed by atoms with Crippen molar-refractivity contribution >= 4 is 319 Å². The van der Waals surface area contributed by atoms with Crippen LogP contribution in [-0.2, 0) is 10.8 Å². The van der Waals surface area contributed by atoms with Gasteiger partial charge in [0.2, 0.25) is 0 Å². The Hall–Kier alpha value is -9.16. The van der Waals surface area contributed by atoms with Crippen LogP contribution in [0, 0.1) is 0 Å². The van der Waals surface area contributed by atoms with Gasteiger partial charge in [0.25, 0.3) is 0 Å². The fourth-order valence-corrected chi connectivity index (χ4v) is 29.7. The lowest BCUT2D eigenvalue weighted by atomic mass is 9.48. The van der Waals surface area contributed by atoms with Crippen LogP contribution in [0.1, 0.15) is 33.2 Å². The predicted molar refractivity (Wildman–Crippen MR) is 347 cm³/mol. The van der Waals surface area contributed by atoms with E-state index in [1.54, 1.807) is 318 Å². The standard InChI is InChI=1S/C77H16N2S2/c1-79-10-76-71-63-55-45-35-27-19-17-18-21-25-23(19)31-39-33(25)43-37-29(21)30-22(18)26-24-20(17)28(27)36-42-32(24)40-34(26)44-38(30)48-47(37)59-53(43)61-51(39)57(49(55)41(31)35)65(71)67(61)73-69(59)70-60(48)54(44)62-52(40)58-50(42)56(46(36)45)64(63)72(76)66(58)68(62)74(70)77(73,76)75(79)16-9-8-15(81-16)14-7-6-13(80-14)11-2-4-12(78)5-3-11/h2-9,75H,10,78H2,1H3. The molecule has 1 aliphatic heterocycles. The monoisotopic (exact) mass is 1030 g/mol. The van der Waals surface area contributed by atoms with Gasteiger partial charge in [0.15, 0.2) is 0 Å². The van der Waals surface area contributed by atoms with E-state index in [4.69, 9.17) is 5.73 Å². The van der Waals surface area contributed by atoms with E-state index in [1.807, 2.05) is 11.3 Å². The minimum absolute atomic E-state index is 0.142. The molecular weight excluding hydrogens is 1020 g/mol. The summed E-state index contributed by atoms with van der Waals surface area (Å²) in [5.74, 6) is 0. The maximum Gasteiger partial charge on any atom is 0.0590 e. The fourth-order valence-electron chi connectivity index (χ4n) is 27.4. The molecule has 1 atom stereocenters. The number of nitrogens with zero attached hydrogens (tertiary/aromatic N) is 1. The third-order valence-corrected chi connectivity index (χ3v) is 30.3. The molecule has 346 valence electrons. The van der Waals surface area contributed by atoms with Crippen molar-refractivity contribution in [2.75, 3.05) is 19.3 Å². The Morgan fingerprint density at radius 1 is 0.296 bits per heavy atom. The number of nitrogen functional groups attached to an aromatic ring is 1. The molecule has 2 aromatic heterocycles. The van der Waals surface area contributed by atoms with Crippen LogP contribution < -0.4 is 5.73 Å². The summed E-state index contributed by atoms with van der Waals surface area (Å²) < 4.78 is 0. The Kier molecular flexibility index (Phi) is 3.06. The molecule has 0 bridgehead atoms. The number of likely N-dealkylation sites (N-methyl/N-ethyl adjacent to an activating group) is 1. The average molecular weight is 1030 g/mol. The van der Waals surface area contributed by atoms with Gasteiger partial charge in [-0.25, -0.2) is 0 Å². The van der Waals surface area contributed by atoms with Crippen molar-refractivity contribution in [1.82, 2.24) is 4.90 Å². The number of hydrogen-bond acceptors (Lipinski definition) is 4. The molecular formula is C77H16N2S2. The molecule has 1 saturated heterocycles. The molecule has 36 rings (SSSR count). The van der Waals surface area contributed by atoms with Crippen molar-refractivity contribution in [2.24, 2.45) is 0 Å². The fraction of sp³-hybridized carbons (Fsp3) is 0.0649. The Balaban J connectivity index is 0.949. The smallest absolute Gasteiger partial charge is 0.0590 e. The van der Waals surface area contributed by atoms with Crippen molar-refractivity contribution in [3.63, 3.8) is 0 Å². The first-order valence-corrected chi connectivity index (χ1v) is 31.3. The van der Waals surface area contributed by atoms with Crippen LogP contribution in [0.4, 0.5) is 5.69 Å². The Bertz CT molecular complexity index is 8010. The summed E-state index contributed by atoms with van der Waals surface area (Å²) in [6.07, 6.45) is 0. The second-order valence-electron chi connectivity index (χ2n) is 28.8. The van der Waals surface area contributed by atoms with Gasteiger partial charge in [-0.15, -0.1) is 22.7 Å². The van der Waals surface area contributed by atoms with Gasteiger partial charge in [-0.05, 0) is 362 Å². The van der Waals surface area contributed by atoms with Gasteiger partial charge < -0.3 is 5.73 Å². The highest BCUT2D eigenvalue weighted by molar-refractivity contribution is 7.24.